The van der Waals surface area contributed by atoms with Gasteiger partial charge in [-0.15, -0.1) is 0 Å². The third kappa shape index (κ3) is 15.9. The molecule has 0 unspecified atom stereocenters. The number of likely N-dealkylation sites (tertiary alicyclic amines) is 1. The Kier molecular flexibility index (Phi) is 18.6. The van der Waals surface area contributed by atoms with Gasteiger partial charge in [-0.2, -0.15) is 0 Å². The molecule has 316 valence electrons. The number of nitrogens with zero attached hydrogens (tertiary/aromatic N) is 2. The second-order valence-corrected chi connectivity index (χ2v) is 16.1. The first-order valence-corrected chi connectivity index (χ1v) is 20.6. The lowest BCUT2D eigenvalue weighted by atomic mass is 9.89. The number of aromatic amines is 1. The number of aliphatic hydroxyl groups excluding tert-OH is 1. The molecule has 0 spiro atoms. The van der Waals surface area contributed by atoms with Gasteiger partial charge >= 0.3 is 7.82 Å². The van der Waals surface area contributed by atoms with Crippen LogP contribution in [0.3, 0.4) is 0 Å². The van der Waals surface area contributed by atoms with Crippen LogP contribution >= 0.6 is 7.82 Å². The van der Waals surface area contributed by atoms with Crippen molar-refractivity contribution in [1.29, 1.82) is 0 Å². The molecule has 4 amide bonds. The number of aryl methyl sites for hydroxylation is 1. The van der Waals surface area contributed by atoms with Crippen molar-refractivity contribution in [3.8, 4) is 0 Å². The highest BCUT2D eigenvalue weighted by molar-refractivity contribution is 7.46. The molecule has 1 aliphatic rings. The number of aromatic nitrogens is 2. The number of imidazole rings is 1. The molecule has 2 aromatic rings. The number of unbranched alkanes of at least 4 members (excludes halogenated alkanes) is 1. The summed E-state index contributed by atoms with van der Waals surface area (Å²) in [6, 6.07) is 6.60. The molecule has 1 aromatic carbocycles. The zero-order chi connectivity index (χ0) is 42.3. The van der Waals surface area contributed by atoms with Gasteiger partial charge in [-0.3, -0.25) is 33.3 Å². The average molecular weight is 821 g/mol. The molecular formula is C38H57N6O12P. The van der Waals surface area contributed by atoms with Crippen molar-refractivity contribution in [1.82, 2.24) is 25.5 Å². The standard InChI is InChI=1S/C38H57N6O12P/c1-23(2)14-31(42-38(51)33-17-29(20-44(33)25(4)46)55-13-9-8-12-26-10-6-5-7-11-26)34(47)16-27(15-28-19-40-22-41-28)37(50)43-32(21-45)35(48)18-30(36(39)49)24(3)56-57(52,53)54/h5-7,10-11,19,22-24,27,29-33,45H,8-9,12-18,20-21H2,1-4H3,(H2,39,49)(H,40,41)(H,42,51)(H,43,50)(H2,52,53,54)/t24-,27-,29-,30+,31+,32+,33+/m1/s1. The third-order valence-electron chi connectivity index (χ3n) is 9.82. The predicted molar refractivity (Wildman–Crippen MR) is 206 cm³/mol. The number of Topliss-reactive ketones (excluding diaryl/α,β-unsaturated/α-hetero) is 2. The molecule has 1 saturated heterocycles. The summed E-state index contributed by atoms with van der Waals surface area (Å²) in [5.41, 5.74) is 7.07. The maximum absolute atomic E-state index is 14.0. The summed E-state index contributed by atoms with van der Waals surface area (Å²) in [5, 5.41) is 15.3. The van der Waals surface area contributed by atoms with Crippen LogP contribution in [0.15, 0.2) is 42.9 Å². The van der Waals surface area contributed by atoms with E-state index in [2.05, 4.69) is 37.3 Å². The zero-order valence-electron chi connectivity index (χ0n) is 32.9. The number of aliphatic hydroxyl groups is 1. The van der Waals surface area contributed by atoms with E-state index in [1.54, 1.807) is 0 Å². The number of nitrogens with one attached hydrogen (secondary N) is 3. The SMILES string of the molecule is CC(=O)N1C[C@H](OCCCCc2ccccc2)C[C@H]1C(=O)N[C@@H](CC(C)C)C(=O)C[C@@H](Cc1cnc[nH]1)C(=O)N[C@@H](CO)C(=O)C[C@H](C(N)=O)[C@@H](C)OP(=O)(O)O. The summed E-state index contributed by atoms with van der Waals surface area (Å²) in [6.45, 7) is 6.01. The van der Waals surface area contributed by atoms with Crippen molar-refractivity contribution in [2.45, 2.75) is 109 Å². The van der Waals surface area contributed by atoms with Gasteiger partial charge in [-0.05, 0) is 44.1 Å². The van der Waals surface area contributed by atoms with Gasteiger partial charge in [-0.1, -0.05) is 44.2 Å². The molecule has 0 bridgehead atoms. The minimum absolute atomic E-state index is 0.0472. The van der Waals surface area contributed by atoms with Crippen LogP contribution in [0.5, 0.6) is 0 Å². The summed E-state index contributed by atoms with van der Waals surface area (Å²) in [4.78, 5) is 106. The Morgan fingerprint density at radius 2 is 1.70 bits per heavy atom. The molecule has 2 heterocycles. The Morgan fingerprint density at radius 1 is 1.02 bits per heavy atom. The molecule has 18 nitrogen and oxygen atoms in total. The summed E-state index contributed by atoms with van der Waals surface area (Å²) < 4.78 is 21.9. The van der Waals surface area contributed by atoms with Crippen molar-refractivity contribution < 1.29 is 57.5 Å². The van der Waals surface area contributed by atoms with Crippen LogP contribution in [0.1, 0.15) is 77.5 Å². The monoisotopic (exact) mass is 820 g/mol. The van der Waals surface area contributed by atoms with Crippen molar-refractivity contribution in [2.24, 2.45) is 23.5 Å². The molecule has 0 saturated carbocycles. The van der Waals surface area contributed by atoms with Crippen LogP contribution in [-0.4, -0.2) is 115 Å². The Balaban J connectivity index is 1.69. The highest BCUT2D eigenvalue weighted by Crippen LogP contribution is 2.39. The normalized spacial score (nSPS) is 18.4. The minimum Gasteiger partial charge on any atom is -0.394 e. The van der Waals surface area contributed by atoms with E-state index in [1.165, 1.54) is 29.9 Å². The van der Waals surface area contributed by atoms with Gasteiger partial charge in [0.2, 0.25) is 23.6 Å². The van der Waals surface area contributed by atoms with Gasteiger partial charge in [0.15, 0.2) is 11.6 Å². The number of benzene rings is 1. The molecular weight excluding hydrogens is 763 g/mol. The van der Waals surface area contributed by atoms with Gasteiger partial charge < -0.3 is 45.9 Å². The largest absolute Gasteiger partial charge is 0.469 e. The average Bonchev–Trinajstić information content (AvgIpc) is 3.82. The quantitative estimate of drug-likeness (QED) is 0.0547. The van der Waals surface area contributed by atoms with Gasteiger partial charge in [-0.25, -0.2) is 9.55 Å². The number of hydrogen-bond acceptors (Lipinski definition) is 11. The van der Waals surface area contributed by atoms with Crippen molar-refractivity contribution in [2.75, 3.05) is 19.8 Å². The summed E-state index contributed by atoms with van der Waals surface area (Å²) in [7, 11) is -5.05. The summed E-state index contributed by atoms with van der Waals surface area (Å²) in [5.74, 6) is -6.82. The van der Waals surface area contributed by atoms with Gasteiger partial charge in [0.25, 0.3) is 0 Å². The Labute approximate surface area is 332 Å². The van der Waals surface area contributed by atoms with Crippen LogP contribution < -0.4 is 16.4 Å². The van der Waals surface area contributed by atoms with E-state index in [0.29, 0.717) is 12.3 Å². The summed E-state index contributed by atoms with van der Waals surface area (Å²) >= 11 is 0. The first-order chi connectivity index (χ1) is 26.9. The van der Waals surface area contributed by atoms with Crippen molar-refractivity contribution in [3.63, 3.8) is 0 Å². The van der Waals surface area contributed by atoms with Gasteiger partial charge in [0.05, 0.1) is 43.0 Å². The van der Waals surface area contributed by atoms with E-state index in [9.17, 15) is 38.4 Å². The number of ether oxygens (including phenoxy) is 1. The van der Waals surface area contributed by atoms with Crippen molar-refractivity contribution >= 4 is 43.0 Å². The Bertz CT molecular complexity index is 1690. The molecule has 1 aromatic heterocycles. The fraction of sp³-hybridized carbons (Fsp3) is 0.605. The highest BCUT2D eigenvalue weighted by Gasteiger charge is 2.41. The maximum atomic E-state index is 14.0. The number of primary amides is 1. The van der Waals surface area contributed by atoms with Crippen LogP contribution in [0.25, 0.3) is 0 Å². The Morgan fingerprint density at radius 3 is 2.28 bits per heavy atom. The smallest absolute Gasteiger partial charge is 0.394 e. The molecule has 1 aliphatic heterocycles. The maximum Gasteiger partial charge on any atom is 0.469 e. The van der Waals surface area contributed by atoms with E-state index in [-0.39, 0.29) is 43.7 Å². The van der Waals surface area contributed by atoms with Crippen LogP contribution in [-0.2, 0) is 55.4 Å². The number of phosphoric acid groups is 1. The minimum atomic E-state index is -5.05. The lowest BCUT2D eigenvalue weighted by molar-refractivity contribution is -0.138. The Hall–Kier alpha value is -4.32. The number of carbonyl (C=O) groups excluding carboxylic acids is 6. The molecule has 57 heavy (non-hydrogen) atoms. The topological polar surface area (TPSA) is 281 Å². The van der Waals surface area contributed by atoms with E-state index >= 15 is 0 Å². The number of carbonyl (C=O) groups is 6. The number of ketones is 2. The zero-order valence-corrected chi connectivity index (χ0v) is 33.8. The first-order valence-electron chi connectivity index (χ1n) is 19.1. The third-order valence-corrected chi connectivity index (χ3v) is 10.4. The highest BCUT2D eigenvalue weighted by atomic mass is 31.2. The van der Waals surface area contributed by atoms with Crippen LogP contribution in [0.2, 0.25) is 0 Å². The predicted octanol–water partition coefficient (Wildman–Crippen LogP) is 1.12. The second-order valence-electron chi connectivity index (χ2n) is 14.9. The number of hydrogen-bond donors (Lipinski definition) is 7. The fourth-order valence-corrected chi connectivity index (χ4v) is 7.40. The van der Waals surface area contributed by atoms with E-state index in [4.69, 9.17) is 20.3 Å². The van der Waals surface area contributed by atoms with Crippen LogP contribution in [0.4, 0.5) is 0 Å². The lowest BCUT2D eigenvalue weighted by Crippen LogP contribution is -2.52. The van der Waals surface area contributed by atoms with Crippen molar-refractivity contribution in [3.05, 3.63) is 54.1 Å². The number of amides is 4. The second kappa shape index (κ2) is 22.6. The van der Waals surface area contributed by atoms with Gasteiger partial charge in [0, 0.05) is 57.6 Å². The van der Waals surface area contributed by atoms with Gasteiger partial charge in [0.1, 0.15) is 12.1 Å². The number of nitrogens with two attached hydrogens (primary N) is 1. The molecule has 1 fully saturated rings. The van der Waals surface area contributed by atoms with E-state index in [0.717, 1.165) is 26.2 Å². The lowest BCUT2D eigenvalue weighted by Gasteiger charge is -2.27. The number of rotatable bonds is 25. The first kappa shape index (κ1) is 47.1. The molecule has 0 radical (unpaired) electrons. The molecule has 19 heteroatoms. The molecule has 8 N–H and O–H groups in total. The fourth-order valence-electron chi connectivity index (χ4n) is 6.82. The number of H-pyrrole nitrogens is 1. The van der Waals surface area contributed by atoms with E-state index < -0.39 is 92.6 Å². The number of phosphoric ester groups is 1. The molecule has 0 aliphatic carbocycles. The van der Waals surface area contributed by atoms with Crippen LogP contribution in [0, 0.1) is 17.8 Å². The van der Waals surface area contributed by atoms with E-state index in [1.807, 2.05) is 32.0 Å². The molecule has 3 rings (SSSR count). The molecule has 7 atom stereocenters. The summed E-state index contributed by atoms with van der Waals surface area (Å²) in [6.07, 6.45) is 2.89.